The number of nitrogens with one attached hydrogen (secondary N) is 2. The quantitative estimate of drug-likeness (QED) is 0.492. The van der Waals surface area contributed by atoms with Gasteiger partial charge in [0.25, 0.3) is 0 Å². The van der Waals surface area contributed by atoms with Crippen LogP contribution in [0.5, 0.6) is 5.75 Å². The van der Waals surface area contributed by atoms with E-state index in [1.807, 2.05) is 24.3 Å². The van der Waals surface area contributed by atoms with Crippen molar-refractivity contribution in [3.05, 3.63) is 64.7 Å². The number of morpholine rings is 1. The number of methoxy groups -OCH3 is 1. The lowest BCUT2D eigenvalue weighted by molar-refractivity contribution is -0.122. The molecule has 10 heteroatoms. The van der Waals surface area contributed by atoms with Crippen LogP contribution in [0.25, 0.3) is 11.4 Å². The number of ether oxygens (including phenoxy) is 2. The lowest BCUT2D eigenvalue weighted by atomic mass is 10.0. The Kier molecular flexibility index (Phi) is 7.48. The molecule has 2 aromatic carbocycles. The Bertz CT molecular complexity index is 1120. The van der Waals surface area contributed by atoms with Crippen LogP contribution in [0.4, 0.5) is 4.39 Å². The Balaban J connectivity index is 1.47. The largest absolute Gasteiger partial charge is 0.497 e. The summed E-state index contributed by atoms with van der Waals surface area (Å²) in [5, 5.41) is 10.1. The average Bonchev–Trinajstić information content (AvgIpc) is 3.21. The molecular formula is C23H26FN5O3S. The fourth-order valence-corrected chi connectivity index (χ4v) is 4.06. The zero-order valence-corrected chi connectivity index (χ0v) is 19.1. The topological polar surface area (TPSA) is 84.4 Å². The molecule has 1 fully saturated rings. The van der Waals surface area contributed by atoms with Crippen molar-refractivity contribution >= 4 is 18.1 Å². The molecule has 1 amide bonds. The SMILES string of the molecule is COc1ccc(-c2n[nH]c(=S)n2CC(=O)NC[C@H](c2ccc(F)cc2)N2CCOCC2)cc1. The molecule has 174 valence electrons. The summed E-state index contributed by atoms with van der Waals surface area (Å²) in [6, 6.07) is 13.7. The fraction of sp³-hybridized carbons (Fsp3) is 0.348. The maximum atomic E-state index is 13.4. The minimum Gasteiger partial charge on any atom is -0.497 e. The number of rotatable bonds is 8. The number of halogens is 1. The molecule has 0 bridgehead atoms. The highest BCUT2D eigenvalue weighted by atomic mass is 32.1. The van der Waals surface area contributed by atoms with Crippen molar-refractivity contribution in [3.63, 3.8) is 0 Å². The van der Waals surface area contributed by atoms with Gasteiger partial charge in [-0.2, -0.15) is 5.10 Å². The fourth-order valence-electron chi connectivity index (χ4n) is 3.87. The van der Waals surface area contributed by atoms with Crippen molar-refractivity contribution in [2.24, 2.45) is 0 Å². The predicted molar refractivity (Wildman–Crippen MR) is 124 cm³/mol. The van der Waals surface area contributed by atoms with Gasteiger partial charge in [0.1, 0.15) is 18.1 Å². The third-order valence-corrected chi connectivity index (χ3v) is 5.95. The third kappa shape index (κ3) is 5.65. The van der Waals surface area contributed by atoms with Crippen molar-refractivity contribution in [1.29, 1.82) is 0 Å². The monoisotopic (exact) mass is 471 g/mol. The first-order chi connectivity index (χ1) is 16.0. The maximum Gasteiger partial charge on any atom is 0.240 e. The Hall–Kier alpha value is -3.08. The van der Waals surface area contributed by atoms with E-state index in [2.05, 4.69) is 20.4 Å². The Morgan fingerprint density at radius 3 is 2.58 bits per heavy atom. The molecule has 33 heavy (non-hydrogen) atoms. The number of carbonyl (C=O) groups is 1. The lowest BCUT2D eigenvalue weighted by Crippen LogP contribution is -2.44. The molecule has 1 aliphatic rings. The highest BCUT2D eigenvalue weighted by molar-refractivity contribution is 7.71. The van der Waals surface area contributed by atoms with Gasteiger partial charge in [-0.15, -0.1) is 0 Å². The number of aromatic amines is 1. The Morgan fingerprint density at radius 2 is 1.91 bits per heavy atom. The first-order valence-corrected chi connectivity index (χ1v) is 11.1. The number of amides is 1. The lowest BCUT2D eigenvalue weighted by Gasteiger charge is -2.35. The van der Waals surface area contributed by atoms with Gasteiger partial charge in [0.05, 0.1) is 26.4 Å². The van der Waals surface area contributed by atoms with Crippen molar-refractivity contribution in [2.45, 2.75) is 12.6 Å². The van der Waals surface area contributed by atoms with E-state index in [0.717, 1.165) is 30.0 Å². The van der Waals surface area contributed by atoms with Gasteiger partial charge < -0.3 is 14.8 Å². The molecular weight excluding hydrogens is 445 g/mol. The van der Waals surface area contributed by atoms with E-state index in [-0.39, 0.29) is 24.3 Å². The van der Waals surface area contributed by atoms with Crippen molar-refractivity contribution in [3.8, 4) is 17.1 Å². The van der Waals surface area contributed by atoms with Gasteiger partial charge in [-0.25, -0.2) is 4.39 Å². The summed E-state index contributed by atoms with van der Waals surface area (Å²) in [7, 11) is 1.60. The van der Waals surface area contributed by atoms with E-state index in [4.69, 9.17) is 21.7 Å². The summed E-state index contributed by atoms with van der Waals surface area (Å²) in [6.07, 6.45) is 0. The first-order valence-electron chi connectivity index (χ1n) is 10.7. The summed E-state index contributed by atoms with van der Waals surface area (Å²) in [5.74, 6) is 0.819. The molecule has 8 nitrogen and oxygen atoms in total. The van der Waals surface area contributed by atoms with Gasteiger partial charge in [-0.05, 0) is 54.2 Å². The minimum atomic E-state index is -0.288. The van der Waals surface area contributed by atoms with Crippen LogP contribution in [-0.2, 0) is 16.1 Å². The zero-order valence-electron chi connectivity index (χ0n) is 18.3. The molecule has 1 saturated heterocycles. The molecule has 3 aromatic rings. The van der Waals surface area contributed by atoms with E-state index in [0.29, 0.717) is 30.4 Å². The first kappa shape index (κ1) is 23.1. The number of H-pyrrole nitrogens is 1. The van der Waals surface area contributed by atoms with Crippen LogP contribution in [0.3, 0.4) is 0 Å². The van der Waals surface area contributed by atoms with Crippen LogP contribution in [0.1, 0.15) is 11.6 Å². The van der Waals surface area contributed by atoms with Crippen molar-refractivity contribution in [1.82, 2.24) is 25.0 Å². The molecule has 0 unspecified atom stereocenters. The molecule has 1 aromatic heterocycles. The summed E-state index contributed by atoms with van der Waals surface area (Å²) >= 11 is 5.35. The van der Waals surface area contributed by atoms with E-state index in [1.54, 1.807) is 23.8 Å². The number of nitrogens with zero attached hydrogens (tertiary/aromatic N) is 3. The average molecular weight is 472 g/mol. The normalized spacial score (nSPS) is 15.2. The van der Waals surface area contributed by atoms with E-state index in [1.165, 1.54) is 12.1 Å². The van der Waals surface area contributed by atoms with Gasteiger partial charge in [0.2, 0.25) is 5.91 Å². The molecule has 4 rings (SSSR count). The third-order valence-electron chi connectivity index (χ3n) is 5.64. The van der Waals surface area contributed by atoms with Gasteiger partial charge >= 0.3 is 0 Å². The summed E-state index contributed by atoms with van der Waals surface area (Å²) < 4.78 is 26.1. The van der Waals surface area contributed by atoms with Crippen molar-refractivity contribution in [2.75, 3.05) is 40.0 Å². The standard InChI is InChI=1S/C23H26FN5O3S/c1-31-19-8-4-17(5-9-19)22-26-27-23(33)29(22)15-21(30)25-14-20(28-10-12-32-13-11-28)16-2-6-18(24)7-3-16/h2-9,20H,10-15H2,1H3,(H,25,30)(H,27,33)/t20-/m1/s1. The number of carbonyl (C=O) groups excluding carboxylic acids is 1. The maximum absolute atomic E-state index is 13.4. The molecule has 0 radical (unpaired) electrons. The highest BCUT2D eigenvalue weighted by Crippen LogP contribution is 2.23. The van der Waals surface area contributed by atoms with Crippen LogP contribution < -0.4 is 10.1 Å². The summed E-state index contributed by atoms with van der Waals surface area (Å²) in [5.41, 5.74) is 1.76. The van der Waals surface area contributed by atoms with Gasteiger partial charge in [-0.3, -0.25) is 19.4 Å². The number of aromatic nitrogens is 3. The molecule has 1 aliphatic heterocycles. The van der Waals surface area contributed by atoms with Gasteiger partial charge in [0.15, 0.2) is 10.6 Å². The molecule has 0 spiro atoms. The van der Waals surface area contributed by atoms with Crippen LogP contribution in [0.15, 0.2) is 48.5 Å². The zero-order chi connectivity index (χ0) is 23.2. The molecule has 2 N–H and O–H groups in total. The number of hydrogen-bond acceptors (Lipinski definition) is 6. The molecule has 2 heterocycles. The van der Waals surface area contributed by atoms with Gasteiger partial charge in [0, 0.05) is 25.2 Å². The predicted octanol–water partition coefficient (Wildman–Crippen LogP) is 2.95. The van der Waals surface area contributed by atoms with Crippen LogP contribution in [0.2, 0.25) is 0 Å². The second-order valence-corrected chi connectivity index (χ2v) is 8.07. The highest BCUT2D eigenvalue weighted by Gasteiger charge is 2.23. The van der Waals surface area contributed by atoms with E-state index >= 15 is 0 Å². The Labute approximate surface area is 196 Å². The molecule has 1 atom stereocenters. The summed E-state index contributed by atoms with van der Waals surface area (Å²) in [4.78, 5) is 15.1. The van der Waals surface area contributed by atoms with E-state index in [9.17, 15) is 9.18 Å². The molecule has 0 aliphatic carbocycles. The number of hydrogen-bond donors (Lipinski definition) is 2. The second-order valence-electron chi connectivity index (χ2n) is 7.69. The van der Waals surface area contributed by atoms with E-state index < -0.39 is 0 Å². The molecule has 0 saturated carbocycles. The number of benzene rings is 2. The Morgan fingerprint density at radius 1 is 1.21 bits per heavy atom. The second kappa shape index (κ2) is 10.7. The summed E-state index contributed by atoms with van der Waals surface area (Å²) in [6.45, 7) is 3.14. The van der Waals surface area contributed by atoms with Crippen LogP contribution in [-0.4, -0.2) is 65.5 Å². The smallest absolute Gasteiger partial charge is 0.240 e. The van der Waals surface area contributed by atoms with Gasteiger partial charge in [-0.1, -0.05) is 12.1 Å². The van der Waals surface area contributed by atoms with Crippen LogP contribution in [0, 0.1) is 10.6 Å². The van der Waals surface area contributed by atoms with Crippen LogP contribution >= 0.6 is 12.2 Å². The minimum absolute atomic E-state index is 0.0238. The van der Waals surface area contributed by atoms with Crippen molar-refractivity contribution < 1.29 is 18.7 Å².